The third-order valence-electron chi connectivity index (χ3n) is 10.2. The molecule has 0 radical (unpaired) electrons. The van der Waals surface area contributed by atoms with Crippen molar-refractivity contribution in [2.24, 2.45) is 40.4 Å². The van der Waals surface area contributed by atoms with Gasteiger partial charge in [-0.3, -0.25) is 0 Å². The molecule has 1 saturated heterocycles. The molecule has 3 saturated carbocycles. The van der Waals surface area contributed by atoms with Gasteiger partial charge in [-0.05, 0) is 63.7 Å². The van der Waals surface area contributed by atoms with E-state index in [-0.39, 0.29) is 28.0 Å². The fourth-order valence-electron chi connectivity index (χ4n) is 9.08. The van der Waals surface area contributed by atoms with Crippen LogP contribution < -0.4 is 0 Å². The molecule has 2 spiro atoms. The number of hydrogen-bond acceptors (Lipinski definition) is 3. The van der Waals surface area contributed by atoms with E-state index in [9.17, 15) is 4.79 Å². The van der Waals surface area contributed by atoms with Crippen LogP contribution in [-0.2, 0) is 14.3 Å². The number of carbonyl (C=O) groups excluding carboxylic acids is 1. The Morgan fingerprint density at radius 2 is 1.96 bits per heavy atom. The second-order valence-corrected chi connectivity index (χ2v) is 11.1. The first-order chi connectivity index (χ1) is 12.8. The maximum absolute atomic E-state index is 13.2. The number of fused-ring (bicyclic) bond motifs is 4. The van der Waals surface area contributed by atoms with Crippen LogP contribution in [0.2, 0.25) is 0 Å². The molecule has 2 heterocycles. The Morgan fingerprint density at radius 3 is 2.78 bits per heavy atom. The van der Waals surface area contributed by atoms with Gasteiger partial charge >= 0.3 is 5.97 Å². The average molecular weight is 364 g/mol. The Hall–Kier alpha value is -1.51. The number of ether oxygens (including phenoxy) is 2. The normalized spacial score (nSPS) is 57.3. The van der Waals surface area contributed by atoms with Crippen LogP contribution in [-0.4, -0.2) is 17.2 Å². The lowest BCUT2D eigenvalue weighted by atomic mass is 9.43. The third-order valence-corrected chi connectivity index (χ3v) is 10.2. The summed E-state index contributed by atoms with van der Waals surface area (Å²) in [6.07, 6.45) is 11.3. The predicted octanol–water partition coefficient (Wildman–Crippen LogP) is 4.55. The van der Waals surface area contributed by atoms with Crippen molar-refractivity contribution in [3.63, 3.8) is 0 Å². The molecule has 27 heavy (non-hydrogen) atoms. The Kier molecular flexibility index (Phi) is 2.26. The first-order valence-electron chi connectivity index (χ1n) is 10.8. The van der Waals surface area contributed by atoms with Gasteiger partial charge in [-0.1, -0.05) is 30.2 Å². The van der Waals surface area contributed by atoms with Crippen molar-refractivity contribution in [1.82, 2.24) is 0 Å². The van der Waals surface area contributed by atoms with Gasteiger partial charge in [-0.2, -0.15) is 0 Å². The molecule has 4 fully saturated rings. The minimum absolute atomic E-state index is 0.101. The van der Waals surface area contributed by atoms with Crippen LogP contribution >= 0.6 is 0 Å². The van der Waals surface area contributed by atoms with E-state index in [0.717, 1.165) is 36.7 Å². The van der Waals surface area contributed by atoms with E-state index in [1.165, 1.54) is 12.0 Å². The smallest absolute Gasteiger partial charge is 0.338 e. The maximum atomic E-state index is 13.2. The van der Waals surface area contributed by atoms with Crippen LogP contribution in [0.3, 0.4) is 0 Å². The molecule has 0 aromatic heterocycles. The monoisotopic (exact) mass is 364 g/mol. The second kappa shape index (κ2) is 3.95. The minimum atomic E-state index is -0.357. The van der Waals surface area contributed by atoms with Crippen LogP contribution in [0.1, 0.15) is 53.4 Å². The molecule has 7 rings (SSSR count). The zero-order chi connectivity index (χ0) is 18.6. The summed E-state index contributed by atoms with van der Waals surface area (Å²) in [6.45, 7) is 9.21. The third kappa shape index (κ3) is 1.28. The number of allylic oxidation sites excluding steroid dienone is 3. The standard InChI is InChI=1S/C24H28O3/c1-12-5-6-18-22(4)14(7-13-8-16(13)22)10-23-17-11-26-21(2,3)19(23)9-15(12)24(18,23)27-20(17)25/h5,7,11,13,15-16,18-19H,6,8-10H2,1-4H3/t13-,15-,16+,18-,19-,22+,23+,24+/m0/s1. The summed E-state index contributed by atoms with van der Waals surface area (Å²) in [6, 6.07) is 0. The molecule has 0 aromatic rings. The molecule has 0 N–H and O–H groups in total. The molecule has 0 aromatic carbocycles. The summed E-state index contributed by atoms with van der Waals surface area (Å²) < 4.78 is 12.8. The van der Waals surface area contributed by atoms with E-state index in [1.54, 1.807) is 11.8 Å². The van der Waals surface area contributed by atoms with Crippen molar-refractivity contribution in [1.29, 1.82) is 0 Å². The van der Waals surface area contributed by atoms with Gasteiger partial charge in [0.1, 0.15) is 11.2 Å². The predicted molar refractivity (Wildman–Crippen MR) is 100 cm³/mol. The lowest BCUT2D eigenvalue weighted by molar-refractivity contribution is -0.192. The number of rotatable bonds is 0. The van der Waals surface area contributed by atoms with Crippen molar-refractivity contribution in [2.75, 3.05) is 0 Å². The van der Waals surface area contributed by atoms with Gasteiger partial charge in [-0.15, -0.1) is 0 Å². The lowest BCUT2D eigenvalue weighted by Crippen LogP contribution is -2.65. The highest BCUT2D eigenvalue weighted by molar-refractivity contribution is 5.95. The lowest BCUT2D eigenvalue weighted by Gasteiger charge is -2.62. The summed E-state index contributed by atoms with van der Waals surface area (Å²) in [5.41, 5.74) is 3.30. The Morgan fingerprint density at radius 1 is 1.15 bits per heavy atom. The van der Waals surface area contributed by atoms with E-state index in [4.69, 9.17) is 9.47 Å². The largest absolute Gasteiger partial charge is 0.495 e. The second-order valence-electron chi connectivity index (χ2n) is 11.1. The maximum Gasteiger partial charge on any atom is 0.338 e. The van der Waals surface area contributed by atoms with Gasteiger partial charge in [0.25, 0.3) is 0 Å². The first-order valence-corrected chi connectivity index (χ1v) is 10.8. The molecule has 0 unspecified atom stereocenters. The minimum Gasteiger partial charge on any atom is -0.495 e. The average Bonchev–Trinajstić information content (AvgIpc) is 3.14. The van der Waals surface area contributed by atoms with Gasteiger partial charge in [0.2, 0.25) is 0 Å². The van der Waals surface area contributed by atoms with Crippen LogP contribution in [0.4, 0.5) is 0 Å². The number of carbonyl (C=O) groups is 1. The molecule has 7 aliphatic rings. The quantitative estimate of drug-likeness (QED) is 0.467. The van der Waals surface area contributed by atoms with Crippen LogP contribution in [0.25, 0.3) is 0 Å². The zero-order valence-corrected chi connectivity index (χ0v) is 16.7. The van der Waals surface area contributed by atoms with Crippen molar-refractivity contribution in [3.8, 4) is 0 Å². The number of hydrogen-bond donors (Lipinski definition) is 0. The Labute approximate surface area is 160 Å². The molecular formula is C24H28O3. The van der Waals surface area contributed by atoms with Crippen LogP contribution in [0.5, 0.6) is 0 Å². The molecule has 3 nitrogen and oxygen atoms in total. The molecule has 5 aliphatic carbocycles. The molecule has 0 bridgehead atoms. The number of esters is 1. The van der Waals surface area contributed by atoms with Crippen LogP contribution in [0.15, 0.2) is 35.1 Å². The molecular weight excluding hydrogens is 336 g/mol. The Balaban J connectivity index is 1.58. The molecule has 3 heteroatoms. The van der Waals surface area contributed by atoms with E-state index in [2.05, 4.69) is 39.8 Å². The van der Waals surface area contributed by atoms with Crippen molar-refractivity contribution in [2.45, 2.75) is 64.6 Å². The fraction of sp³-hybridized carbons (Fsp3) is 0.708. The highest BCUT2D eigenvalue weighted by Crippen LogP contribution is 2.83. The van der Waals surface area contributed by atoms with E-state index >= 15 is 0 Å². The summed E-state index contributed by atoms with van der Waals surface area (Å²) in [4.78, 5) is 13.2. The highest BCUT2D eigenvalue weighted by atomic mass is 16.6. The van der Waals surface area contributed by atoms with Gasteiger partial charge in [-0.25, -0.2) is 4.79 Å². The van der Waals surface area contributed by atoms with Crippen LogP contribution in [0, 0.1) is 40.4 Å². The first kappa shape index (κ1) is 15.4. The summed E-state index contributed by atoms with van der Waals surface area (Å²) >= 11 is 0. The summed E-state index contributed by atoms with van der Waals surface area (Å²) in [7, 11) is 0. The topological polar surface area (TPSA) is 35.5 Å². The Bertz CT molecular complexity index is 922. The van der Waals surface area contributed by atoms with E-state index in [1.807, 2.05) is 0 Å². The van der Waals surface area contributed by atoms with Crippen molar-refractivity contribution >= 4 is 5.97 Å². The van der Waals surface area contributed by atoms with Gasteiger partial charge in [0.05, 0.1) is 17.3 Å². The van der Waals surface area contributed by atoms with Gasteiger partial charge in [0, 0.05) is 17.8 Å². The SMILES string of the molecule is CC1=CC[C@H]2[C@]3(C)C(=C[C@H]4C[C@H]43)C[C@@]34C5=COC(C)(C)[C@@H]3C[C@@H]1[C@@]24OC5=O. The van der Waals surface area contributed by atoms with Crippen molar-refractivity contribution in [3.05, 3.63) is 35.1 Å². The molecule has 2 aliphatic heterocycles. The molecule has 8 atom stereocenters. The zero-order valence-electron chi connectivity index (χ0n) is 16.7. The fourth-order valence-corrected chi connectivity index (χ4v) is 9.08. The van der Waals surface area contributed by atoms with Gasteiger partial charge < -0.3 is 9.47 Å². The van der Waals surface area contributed by atoms with Gasteiger partial charge in [0.15, 0.2) is 0 Å². The van der Waals surface area contributed by atoms with E-state index in [0.29, 0.717) is 17.8 Å². The molecule has 0 amide bonds. The molecule has 142 valence electrons. The van der Waals surface area contributed by atoms with E-state index < -0.39 is 0 Å². The summed E-state index contributed by atoms with van der Waals surface area (Å²) in [5.74, 6) is 2.52. The summed E-state index contributed by atoms with van der Waals surface area (Å²) in [5, 5.41) is 0. The van der Waals surface area contributed by atoms with Crippen molar-refractivity contribution < 1.29 is 14.3 Å². The highest BCUT2D eigenvalue weighted by Gasteiger charge is 2.85.